The second kappa shape index (κ2) is 11.8. The van der Waals surface area contributed by atoms with Crippen molar-refractivity contribution in [2.24, 2.45) is 5.92 Å². The highest BCUT2D eigenvalue weighted by Gasteiger charge is 2.33. The lowest BCUT2D eigenvalue weighted by atomic mass is 9.79. The van der Waals surface area contributed by atoms with Gasteiger partial charge < -0.3 is 15.8 Å². The molecule has 2 rings (SSSR count). The van der Waals surface area contributed by atoms with E-state index >= 15 is 4.39 Å². The number of rotatable bonds is 11. The first-order chi connectivity index (χ1) is 15.3. The van der Waals surface area contributed by atoms with Crippen LogP contribution >= 0.6 is 11.6 Å². The largest absolute Gasteiger partial charge is 0.395 e. The predicted octanol–water partition coefficient (Wildman–Crippen LogP) is 4.29. The third-order valence-electron chi connectivity index (χ3n) is 5.62. The third-order valence-corrected chi connectivity index (χ3v) is 5.91. The van der Waals surface area contributed by atoms with Crippen LogP contribution in [0.2, 0.25) is 0 Å². The molecule has 0 aliphatic heterocycles. The second-order valence-electron chi connectivity index (χ2n) is 7.68. The summed E-state index contributed by atoms with van der Waals surface area (Å²) in [6, 6.07) is 8.98. The number of nitrogens with zero attached hydrogens (tertiary/aromatic N) is 1. The van der Waals surface area contributed by atoms with E-state index in [-0.39, 0.29) is 30.3 Å². The van der Waals surface area contributed by atoms with Crippen LogP contribution in [0.5, 0.6) is 0 Å². The van der Waals surface area contributed by atoms with E-state index in [0.29, 0.717) is 18.6 Å². The molecule has 0 fully saturated rings. The number of anilines is 2. The van der Waals surface area contributed by atoms with Crippen molar-refractivity contribution in [1.82, 2.24) is 4.90 Å². The number of imide groups is 1. The zero-order valence-corrected chi connectivity index (χ0v) is 19.7. The van der Waals surface area contributed by atoms with Crippen LogP contribution in [0.25, 0.3) is 0 Å². The van der Waals surface area contributed by atoms with Crippen molar-refractivity contribution < 1.29 is 18.7 Å². The number of benzene rings is 2. The molecule has 0 aliphatic rings. The van der Waals surface area contributed by atoms with Gasteiger partial charge in [0.05, 0.1) is 24.5 Å². The Balaban J connectivity index is 2.62. The van der Waals surface area contributed by atoms with E-state index in [1.54, 1.807) is 19.1 Å². The molecule has 2 amide bonds. The minimum atomic E-state index is -0.748. The minimum Gasteiger partial charge on any atom is -0.395 e. The van der Waals surface area contributed by atoms with E-state index in [1.165, 1.54) is 7.11 Å². The van der Waals surface area contributed by atoms with E-state index in [0.717, 1.165) is 21.6 Å². The van der Waals surface area contributed by atoms with Gasteiger partial charge in [-0.3, -0.25) is 14.5 Å². The van der Waals surface area contributed by atoms with Crippen molar-refractivity contribution in [2.45, 2.75) is 32.6 Å². The lowest BCUT2D eigenvalue weighted by molar-refractivity contribution is -0.142. The smallest absolute Gasteiger partial charge is 0.232 e. The molecule has 2 atom stereocenters. The van der Waals surface area contributed by atoms with E-state index in [1.807, 2.05) is 32.0 Å². The maximum Gasteiger partial charge on any atom is 0.232 e. The van der Waals surface area contributed by atoms with Gasteiger partial charge in [-0.05, 0) is 42.2 Å². The average Bonchev–Trinajstić information content (AvgIpc) is 2.79. The van der Waals surface area contributed by atoms with Gasteiger partial charge in [-0.1, -0.05) is 31.2 Å². The second-order valence-corrected chi connectivity index (χ2v) is 7.94. The zero-order valence-electron chi connectivity index (χ0n) is 19.0. The number of methoxy groups -OCH3 is 1. The number of hydrogen-bond donors (Lipinski definition) is 2. The highest BCUT2D eigenvalue weighted by molar-refractivity contribution is 6.17. The molecule has 174 valence electrons. The van der Waals surface area contributed by atoms with Crippen molar-refractivity contribution in [3.63, 3.8) is 0 Å². The van der Waals surface area contributed by atoms with Crippen LogP contribution in [-0.2, 0) is 20.2 Å². The molecule has 32 heavy (non-hydrogen) atoms. The summed E-state index contributed by atoms with van der Waals surface area (Å²) in [4.78, 5) is 25.8. The summed E-state index contributed by atoms with van der Waals surface area (Å²) in [6.45, 7) is 6.43. The summed E-state index contributed by atoms with van der Waals surface area (Å²) in [5.74, 6) is -2.15. The molecule has 0 heterocycles. The lowest BCUT2D eigenvalue weighted by Gasteiger charge is -2.29. The van der Waals surface area contributed by atoms with Crippen molar-refractivity contribution in [3.05, 3.63) is 58.4 Å². The first-order valence-electron chi connectivity index (χ1n) is 10.5. The Morgan fingerprint density at radius 2 is 2.06 bits per heavy atom. The van der Waals surface area contributed by atoms with Crippen LogP contribution in [-0.4, -0.2) is 44.0 Å². The third kappa shape index (κ3) is 5.58. The number of alkyl halides is 1. The van der Waals surface area contributed by atoms with Gasteiger partial charge in [-0.15, -0.1) is 11.6 Å². The number of ether oxygens (including phenoxy) is 1. The summed E-state index contributed by atoms with van der Waals surface area (Å²) in [5.41, 5.74) is 9.44. The quantitative estimate of drug-likeness (QED) is 0.295. The predicted molar refractivity (Wildman–Crippen MR) is 126 cm³/mol. The number of hydrogen-bond acceptors (Lipinski definition) is 5. The fraction of sp³-hybridized carbons (Fsp3) is 0.417. The van der Waals surface area contributed by atoms with Crippen LogP contribution in [0.3, 0.4) is 0 Å². The Bertz CT molecular complexity index is 954. The minimum absolute atomic E-state index is 0.00898. The number of carbonyl (C=O) groups is 2. The molecular weight excluding hydrogens is 433 g/mol. The Kier molecular flexibility index (Phi) is 9.47. The fourth-order valence-electron chi connectivity index (χ4n) is 3.77. The van der Waals surface area contributed by atoms with Gasteiger partial charge in [0, 0.05) is 31.4 Å². The molecule has 6 nitrogen and oxygen atoms in total. The number of nitrogens with one attached hydrogen (secondary N) is 1. The van der Waals surface area contributed by atoms with Gasteiger partial charge in [0.25, 0.3) is 0 Å². The normalized spacial score (nSPS) is 12.8. The Labute approximate surface area is 193 Å². The highest BCUT2D eigenvalue weighted by atomic mass is 35.5. The van der Waals surface area contributed by atoms with Crippen molar-refractivity contribution in [3.8, 4) is 0 Å². The Morgan fingerprint density at radius 3 is 2.66 bits per heavy atom. The van der Waals surface area contributed by atoms with Crippen LogP contribution in [0.4, 0.5) is 15.8 Å². The Morgan fingerprint density at radius 1 is 1.34 bits per heavy atom. The topological polar surface area (TPSA) is 84.7 Å². The summed E-state index contributed by atoms with van der Waals surface area (Å²) >= 11 is 6.10. The highest BCUT2D eigenvalue weighted by Crippen LogP contribution is 2.39. The summed E-state index contributed by atoms with van der Waals surface area (Å²) in [5, 5.41) is 3.03. The number of nitrogens with two attached hydrogens (primary N) is 1. The van der Waals surface area contributed by atoms with Crippen LogP contribution in [0, 0.1) is 18.7 Å². The number of carbonyl (C=O) groups excluding carboxylic acids is 2. The van der Waals surface area contributed by atoms with E-state index in [4.69, 9.17) is 22.1 Å². The molecule has 3 N–H and O–H groups in total. The number of amides is 2. The fourth-order valence-corrected chi connectivity index (χ4v) is 4.06. The number of nitrogen functional groups attached to an aromatic ring is 1. The molecule has 8 heteroatoms. The first-order valence-corrected chi connectivity index (χ1v) is 11.1. The molecule has 0 aliphatic carbocycles. The summed E-state index contributed by atoms with van der Waals surface area (Å²) in [7, 11) is 1.49. The average molecular weight is 464 g/mol. The Hall–Kier alpha value is -2.64. The molecule has 0 saturated heterocycles. The van der Waals surface area contributed by atoms with Gasteiger partial charge in [-0.25, -0.2) is 4.39 Å². The number of halogens is 2. The molecule has 2 aromatic carbocycles. The van der Waals surface area contributed by atoms with Gasteiger partial charge in [0.1, 0.15) is 0 Å². The van der Waals surface area contributed by atoms with E-state index in [2.05, 4.69) is 5.32 Å². The summed E-state index contributed by atoms with van der Waals surface area (Å²) in [6.07, 6.45) is 0.479. The molecule has 0 radical (unpaired) electrons. The monoisotopic (exact) mass is 463 g/mol. The zero-order chi connectivity index (χ0) is 23.8. The van der Waals surface area contributed by atoms with Gasteiger partial charge in [-0.2, -0.15) is 0 Å². The number of aryl methyl sites for hydroxylation is 1. The molecule has 0 spiro atoms. The van der Waals surface area contributed by atoms with Crippen molar-refractivity contribution >= 4 is 35.3 Å². The molecule has 2 aromatic rings. The molecular formula is C24H31ClFN3O3. The van der Waals surface area contributed by atoms with Gasteiger partial charge in [0.15, 0.2) is 5.82 Å². The van der Waals surface area contributed by atoms with E-state index < -0.39 is 23.6 Å². The van der Waals surface area contributed by atoms with Gasteiger partial charge in [0.2, 0.25) is 12.3 Å². The lowest BCUT2D eigenvalue weighted by Crippen LogP contribution is -2.39. The van der Waals surface area contributed by atoms with Crippen LogP contribution < -0.4 is 11.1 Å². The molecule has 0 bridgehead atoms. The van der Waals surface area contributed by atoms with E-state index in [9.17, 15) is 9.59 Å². The maximum absolute atomic E-state index is 15.5. The maximum atomic E-state index is 15.5. The SMILES string of the molecule is CCNc1ccc(C(c2ccc(C)c(CCl)c2)C(C)C(=O)N(C=O)CCOC)c(F)c1N. The first kappa shape index (κ1) is 25.6. The van der Waals surface area contributed by atoms with Crippen molar-refractivity contribution in [1.29, 1.82) is 0 Å². The van der Waals surface area contributed by atoms with Crippen LogP contribution in [0.1, 0.15) is 42.0 Å². The van der Waals surface area contributed by atoms with Crippen LogP contribution in [0.15, 0.2) is 30.3 Å². The standard InChI is InChI=1S/C24H31ClFN3O3/c1-5-28-20-9-8-19(22(26)23(20)27)21(17-7-6-15(2)18(12-17)13-25)16(3)24(31)29(14-30)10-11-32-4/h6-9,12,14,16,21,28H,5,10-11,13,27H2,1-4H3. The molecule has 2 unspecified atom stereocenters. The summed E-state index contributed by atoms with van der Waals surface area (Å²) < 4.78 is 20.5. The molecule has 0 saturated carbocycles. The van der Waals surface area contributed by atoms with Gasteiger partial charge >= 0.3 is 0 Å². The molecule has 0 aromatic heterocycles. The van der Waals surface area contributed by atoms with Crippen molar-refractivity contribution in [2.75, 3.05) is 37.9 Å².